The lowest BCUT2D eigenvalue weighted by Crippen LogP contribution is -2.19. The van der Waals surface area contributed by atoms with Gasteiger partial charge < -0.3 is 9.40 Å². The number of carbonyl (C=O) groups excluding carboxylic acids is 3. The van der Waals surface area contributed by atoms with E-state index in [2.05, 4.69) is 16.6 Å². The molecule has 3 aromatic carbocycles. The van der Waals surface area contributed by atoms with Gasteiger partial charge in [0, 0.05) is 52.0 Å². The fourth-order valence-electron chi connectivity index (χ4n) is 5.66. The van der Waals surface area contributed by atoms with Crippen molar-refractivity contribution < 1.29 is 19.2 Å². The van der Waals surface area contributed by atoms with Crippen LogP contribution in [0.5, 0.6) is 0 Å². The number of nitrogens with zero attached hydrogens (tertiary/aromatic N) is 2. The number of rotatable bonds is 8. The quantitative estimate of drug-likeness (QED) is 0.111. The molecule has 1 aliphatic carbocycles. The average Bonchev–Trinajstić information content (AvgIpc) is 3.55. The number of aromatic nitrogens is 1. The highest BCUT2D eigenvalue weighted by Gasteiger charge is 2.24. The second-order valence-electron chi connectivity index (χ2n) is 10.2. The summed E-state index contributed by atoms with van der Waals surface area (Å²) in [6.07, 6.45) is 4.88. The van der Waals surface area contributed by atoms with E-state index in [1.807, 2.05) is 67.6 Å². The first-order valence-corrected chi connectivity index (χ1v) is 13.3. The molecule has 0 atom stereocenters. The molecule has 1 fully saturated rings. The van der Waals surface area contributed by atoms with Crippen LogP contribution in [0.15, 0.2) is 65.8 Å². The van der Waals surface area contributed by atoms with Gasteiger partial charge in [0.25, 0.3) is 0 Å². The molecule has 0 bridgehead atoms. The van der Waals surface area contributed by atoms with Gasteiger partial charge in [-0.15, -0.1) is 0 Å². The van der Waals surface area contributed by atoms with E-state index >= 15 is 0 Å². The summed E-state index contributed by atoms with van der Waals surface area (Å²) in [5, 5.41) is 5.80. The second kappa shape index (κ2) is 10.7. The van der Waals surface area contributed by atoms with Crippen molar-refractivity contribution in [2.45, 2.75) is 59.4 Å². The molecule has 0 N–H and O–H groups in total. The Morgan fingerprint density at radius 2 is 1.55 bits per heavy atom. The topological polar surface area (TPSA) is 77.7 Å². The fourth-order valence-corrected chi connectivity index (χ4v) is 5.66. The van der Waals surface area contributed by atoms with E-state index in [0.717, 1.165) is 59.6 Å². The summed E-state index contributed by atoms with van der Waals surface area (Å²) in [6, 6.07) is 19.0. The monoisotopic (exact) mass is 508 g/mol. The average molecular weight is 509 g/mol. The summed E-state index contributed by atoms with van der Waals surface area (Å²) in [6.45, 7) is 6.05. The molecule has 0 radical (unpaired) electrons. The van der Waals surface area contributed by atoms with Crippen LogP contribution in [0.25, 0.3) is 21.8 Å². The molecule has 0 amide bonds. The molecule has 1 saturated carbocycles. The molecule has 194 valence electrons. The van der Waals surface area contributed by atoms with Gasteiger partial charge in [-0.1, -0.05) is 55.1 Å². The Hall–Kier alpha value is -4.06. The minimum atomic E-state index is -0.547. The lowest BCUT2D eigenvalue weighted by atomic mass is 9.94. The van der Waals surface area contributed by atoms with Gasteiger partial charge in [0.1, 0.15) is 5.71 Å². The molecule has 5 rings (SSSR count). The highest BCUT2D eigenvalue weighted by molar-refractivity contribution is 6.46. The lowest BCUT2D eigenvalue weighted by molar-refractivity contribution is -0.140. The van der Waals surface area contributed by atoms with Crippen LogP contribution < -0.4 is 0 Å². The Morgan fingerprint density at radius 3 is 2.18 bits per heavy atom. The number of Topliss-reactive ketones (excluding diaryl/α,β-unsaturated/α-hetero) is 1. The number of fused-ring (bicyclic) bond motifs is 3. The summed E-state index contributed by atoms with van der Waals surface area (Å²) in [5.41, 5.74) is 5.00. The molecular formula is C32H32N2O4. The van der Waals surface area contributed by atoms with Crippen molar-refractivity contribution in [2.75, 3.05) is 0 Å². The Morgan fingerprint density at radius 1 is 0.921 bits per heavy atom. The predicted octanol–water partition coefficient (Wildman–Crippen LogP) is 7.04. The highest BCUT2D eigenvalue weighted by atomic mass is 16.7. The van der Waals surface area contributed by atoms with Crippen LogP contribution in [0.4, 0.5) is 0 Å². The van der Waals surface area contributed by atoms with Crippen molar-refractivity contribution in [3.05, 3.63) is 82.9 Å². The Balaban J connectivity index is 1.58. The number of carbonyl (C=O) groups is 3. The maximum absolute atomic E-state index is 13.6. The third-order valence-electron chi connectivity index (χ3n) is 7.60. The zero-order valence-corrected chi connectivity index (χ0v) is 22.1. The van der Waals surface area contributed by atoms with Gasteiger partial charge in [0.15, 0.2) is 5.78 Å². The Bertz CT molecular complexity index is 1590. The molecule has 6 heteroatoms. The summed E-state index contributed by atoms with van der Waals surface area (Å²) in [7, 11) is 0. The van der Waals surface area contributed by atoms with E-state index in [9.17, 15) is 14.4 Å². The largest absolute Gasteiger partial charge is 0.341 e. The van der Waals surface area contributed by atoms with Crippen molar-refractivity contribution in [1.29, 1.82) is 0 Å². The zero-order valence-electron chi connectivity index (χ0n) is 22.1. The number of aryl methyl sites for hydroxylation is 2. The molecule has 0 unspecified atom stereocenters. The van der Waals surface area contributed by atoms with Crippen molar-refractivity contribution in [1.82, 2.24) is 4.57 Å². The molecule has 1 aromatic heterocycles. The summed E-state index contributed by atoms with van der Waals surface area (Å²) in [4.78, 5) is 43.3. The fraction of sp³-hybridized carbons (Fsp3) is 0.312. The van der Waals surface area contributed by atoms with Crippen molar-refractivity contribution in [3.63, 3.8) is 0 Å². The predicted molar refractivity (Wildman–Crippen MR) is 150 cm³/mol. The number of hydrogen-bond acceptors (Lipinski definition) is 5. The molecule has 6 nitrogen and oxygen atoms in total. The number of hydrogen-bond donors (Lipinski definition) is 0. The van der Waals surface area contributed by atoms with Crippen LogP contribution in [-0.2, 0) is 16.2 Å². The van der Waals surface area contributed by atoms with Crippen molar-refractivity contribution in [3.8, 4) is 0 Å². The summed E-state index contributed by atoms with van der Waals surface area (Å²) >= 11 is 0. The maximum atomic E-state index is 13.6. The normalized spacial score (nSPS) is 14.3. The van der Waals surface area contributed by atoms with Gasteiger partial charge >= 0.3 is 5.97 Å². The molecule has 4 aromatic rings. The smallest absolute Gasteiger partial charge is 0.331 e. The Labute approximate surface area is 222 Å². The van der Waals surface area contributed by atoms with Crippen LogP contribution in [0.3, 0.4) is 0 Å². The van der Waals surface area contributed by atoms with Crippen LogP contribution >= 0.6 is 0 Å². The molecule has 0 spiro atoms. The van der Waals surface area contributed by atoms with Gasteiger partial charge in [-0.3, -0.25) is 9.59 Å². The van der Waals surface area contributed by atoms with E-state index in [4.69, 9.17) is 4.84 Å². The first kappa shape index (κ1) is 25.6. The standard InChI is InChI=1S/C32H32N2O4/c1-4-34-29-15-13-23(31(36)25-12-8-5-9-20(25)2)18-26(29)27-19-24(14-16-30(27)34)32(37)28(33-38-21(3)35)17-22-10-6-7-11-22/h5,8-9,12-16,18-19,22H,4,6-7,10-11,17H2,1-3H3. The second-order valence-corrected chi connectivity index (χ2v) is 10.2. The van der Waals surface area contributed by atoms with E-state index in [1.165, 1.54) is 6.92 Å². The van der Waals surface area contributed by atoms with Crippen LogP contribution in [0.1, 0.15) is 77.8 Å². The number of ketones is 2. The molecule has 1 aliphatic rings. The third-order valence-corrected chi connectivity index (χ3v) is 7.60. The van der Waals surface area contributed by atoms with Crippen LogP contribution in [0.2, 0.25) is 0 Å². The molecular weight excluding hydrogens is 476 g/mol. The lowest BCUT2D eigenvalue weighted by Gasteiger charge is -2.11. The van der Waals surface area contributed by atoms with Crippen LogP contribution in [-0.4, -0.2) is 27.8 Å². The van der Waals surface area contributed by atoms with Crippen LogP contribution in [0, 0.1) is 12.8 Å². The van der Waals surface area contributed by atoms with E-state index in [1.54, 1.807) is 0 Å². The van der Waals surface area contributed by atoms with Gasteiger partial charge in [-0.2, -0.15) is 0 Å². The van der Waals surface area contributed by atoms with Gasteiger partial charge in [0.05, 0.1) is 0 Å². The summed E-state index contributed by atoms with van der Waals surface area (Å²) < 4.78 is 2.19. The van der Waals surface area contributed by atoms with Crippen molar-refractivity contribution in [2.24, 2.45) is 11.1 Å². The highest BCUT2D eigenvalue weighted by Crippen LogP contribution is 2.33. The minimum absolute atomic E-state index is 0.0259. The van der Waals surface area contributed by atoms with E-state index < -0.39 is 5.97 Å². The first-order valence-electron chi connectivity index (χ1n) is 13.3. The molecule has 0 aliphatic heterocycles. The zero-order chi connectivity index (χ0) is 26.8. The van der Waals surface area contributed by atoms with Gasteiger partial charge in [-0.05, 0) is 68.1 Å². The van der Waals surface area contributed by atoms with E-state index in [-0.39, 0.29) is 17.3 Å². The van der Waals surface area contributed by atoms with Crippen molar-refractivity contribution >= 4 is 45.1 Å². The summed E-state index contributed by atoms with van der Waals surface area (Å²) in [5.74, 6) is -0.436. The molecule has 1 heterocycles. The Kier molecular flexibility index (Phi) is 7.23. The third kappa shape index (κ3) is 4.91. The molecule has 0 saturated heterocycles. The first-order chi connectivity index (χ1) is 18.4. The number of oxime groups is 1. The number of benzene rings is 3. The SMILES string of the molecule is CCn1c2ccc(C(=O)C(CC3CCCC3)=NOC(C)=O)cc2c2cc(C(=O)c3ccccc3C)ccc21. The minimum Gasteiger partial charge on any atom is -0.341 e. The molecule has 38 heavy (non-hydrogen) atoms. The van der Waals surface area contributed by atoms with Gasteiger partial charge in [0.2, 0.25) is 5.78 Å². The maximum Gasteiger partial charge on any atom is 0.331 e. The van der Waals surface area contributed by atoms with E-state index in [0.29, 0.717) is 29.0 Å². The van der Waals surface area contributed by atoms with Gasteiger partial charge in [-0.25, -0.2) is 4.79 Å².